The van der Waals surface area contributed by atoms with Crippen molar-refractivity contribution in [3.05, 3.63) is 129 Å². The molecule has 0 aliphatic heterocycles. The van der Waals surface area contributed by atoms with Crippen molar-refractivity contribution in [2.24, 2.45) is 0 Å². The molecule has 0 spiro atoms. The van der Waals surface area contributed by atoms with Crippen molar-refractivity contribution in [1.82, 2.24) is 0 Å². The first kappa shape index (κ1) is 34.5. The Morgan fingerprint density at radius 1 is 0.646 bits per heavy atom. The number of hydrogen-bond acceptors (Lipinski definition) is 4. The lowest BCUT2D eigenvalue weighted by Crippen LogP contribution is -2.07. The number of ether oxygens (including phenoxy) is 2. The summed E-state index contributed by atoms with van der Waals surface area (Å²) in [7, 11) is 0. The zero-order chi connectivity index (χ0) is 34.6. The highest BCUT2D eigenvalue weighted by atomic mass is 19.4. The number of Topliss-reactive ketones (excluding diaryl/α,β-unsaturated/α-hetero) is 1. The minimum absolute atomic E-state index is 0.0370. The molecule has 2 aliphatic carbocycles. The Hall–Kier alpha value is -4.80. The highest BCUT2D eigenvalue weighted by molar-refractivity contribution is 5.94. The van der Waals surface area contributed by atoms with E-state index in [0.29, 0.717) is 33.8 Å². The molecule has 4 aromatic rings. The number of alkyl halides is 6. The van der Waals surface area contributed by atoms with E-state index >= 15 is 0 Å². The predicted octanol–water partition coefficient (Wildman–Crippen LogP) is 10.2. The number of halogens is 6. The van der Waals surface area contributed by atoms with Crippen LogP contribution < -0.4 is 9.47 Å². The highest BCUT2D eigenvalue weighted by Crippen LogP contribution is 2.47. The second kappa shape index (κ2) is 14.1. The van der Waals surface area contributed by atoms with Crippen molar-refractivity contribution < 1.29 is 50.5 Å². The molecule has 0 atom stereocenters. The monoisotopic (exact) mass is 670 g/mol. The smallest absolute Gasteiger partial charge is 0.416 e. The first-order chi connectivity index (χ1) is 22.7. The molecule has 0 radical (unpaired) electrons. The number of rotatable bonds is 10. The first-order valence-corrected chi connectivity index (χ1v) is 15.3. The quantitative estimate of drug-likeness (QED) is 0.134. The molecule has 6 rings (SSSR count). The highest BCUT2D eigenvalue weighted by Gasteiger charge is 2.35. The molecule has 0 aromatic heterocycles. The van der Waals surface area contributed by atoms with Crippen LogP contribution in [0.4, 0.5) is 26.3 Å². The second-order valence-electron chi connectivity index (χ2n) is 11.9. The van der Waals surface area contributed by atoms with Crippen LogP contribution in [0, 0.1) is 0 Å². The number of aromatic carboxylic acids is 1. The summed E-state index contributed by atoms with van der Waals surface area (Å²) in [6, 6.07) is 20.5. The lowest BCUT2D eigenvalue weighted by molar-refractivity contribution is -0.138. The maximum absolute atomic E-state index is 12.9. The molecular weight excluding hydrogens is 638 g/mol. The average molecular weight is 671 g/mol. The van der Waals surface area contributed by atoms with E-state index in [1.54, 1.807) is 30.3 Å². The Balaban J connectivity index is 0.000000188. The summed E-state index contributed by atoms with van der Waals surface area (Å²) >= 11 is 0. The van der Waals surface area contributed by atoms with E-state index in [0.717, 1.165) is 49.4 Å². The van der Waals surface area contributed by atoms with Crippen LogP contribution in [0.1, 0.15) is 98.5 Å². The number of carbonyl (C=O) groups excluding carboxylic acids is 1. The Morgan fingerprint density at radius 2 is 1.06 bits per heavy atom. The van der Waals surface area contributed by atoms with Gasteiger partial charge < -0.3 is 14.6 Å². The van der Waals surface area contributed by atoms with Gasteiger partial charge in [0.05, 0.1) is 16.7 Å². The van der Waals surface area contributed by atoms with Gasteiger partial charge in [-0.1, -0.05) is 30.3 Å². The van der Waals surface area contributed by atoms with Gasteiger partial charge in [-0.15, -0.1) is 0 Å². The minimum Gasteiger partial charge on any atom is -0.489 e. The fraction of sp³-hybridized carbons (Fsp3) is 0.297. The molecule has 5 nitrogen and oxygen atoms in total. The molecule has 252 valence electrons. The van der Waals surface area contributed by atoms with Gasteiger partial charge in [0.1, 0.15) is 24.7 Å². The van der Waals surface area contributed by atoms with Gasteiger partial charge in [0.15, 0.2) is 5.78 Å². The van der Waals surface area contributed by atoms with Gasteiger partial charge in [0.25, 0.3) is 0 Å². The Kier molecular flexibility index (Phi) is 10.2. The van der Waals surface area contributed by atoms with E-state index in [1.165, 1.54) is 37.3 Å². The molecular formula is C37H32F6O5. The van der Waals surface area contributed by atoms with Crippen molar-refractivity contribution in [3.8, 4) is 11.5 Å². The third-order valence-corrected chi connectivity index (χ3v) is 8.00. The van der Waals surface area contributed by atoms with Gasteiger partial charge >= 0.3 is 18.3 Å². The molecule has 0 heterocycles. The second-order valence-corrected chi connectivity index (χ2v) is 11.9. The van der Waals surface area contributed by atoms with E-state index in [1.807, 2.05) is 6.07 Å². The summed E-state index contributed by atoms with van der Waals surface area (Å²) in [6.07, 6.45) is -5.25. The van der Waals surface area contributed by atoms with Crippen LogP contribution in [0.2, 0.25) is 0 Å². The molecule has 2 saturated carbocycles. The molecule has 2 fully saturated rings. The zero-order valence-electron chi connectivity index (χ0n) is 25.8. The number of ketones is 1. The number of carboxylic acid groups (broad SMARTS) is 1. The molecule has 11 heteroatoms. The molecule has 0 unspecified atom stereocenters. The summed E-state index contributed by atoms with van der Waals surface area (Å²) in [5.41, 5.74) is 2.06. The number of hydrogen-bond donors (Lipinski definition) is 1. The van der Waals surface area contributed by atoms with E-state index in [-0.39, 0.29) is 36.4 Å². The molecule has 0 saturated heterocycles. The summed E-state index contributed by atoms with van der Waals surface area (Å²) in [5.74, 6) is 0.0820. The largest absolute Gasteiger partial charge is 0.489 e. The minimum atomic E-state index is -4.38. The van der Waals surface area contributed by atoms with Crippen molar-refractivity contribution in [1.29, 1.82) is 0 Å². The van der Waals surface area contributed by atoms with Crippen LogP contribution in [-0.2, 0) is 25.6 Å². The lowest BCUT2D eigenvalue weighted by atomic mass is 10.1. The Labute approximate surface area is 273 Å². The zero-order valence-corrected chi connectivity index (χ0v) is 25.8. The van der Waals surface area contributed by atoms with Crippen molar-refractivity contribution in [2.75, 3.05) is 0 Å². The third kappa shape index (κ3) is 9.17. The number of carboxylic acids is 1. The van der Waals surface area contributed by atoms with E-state index in [4.69, 9.17) is 14.6 Å². The normalized spacial score (nSPS) is 14.5. The Morgan fingerprint density at radius 3 is 1.44 bits per heavy atom. The average Bonchev–Trinajstić information content (AvgIpc) is 3.97. The van der Waals surface area contributed by atoms with Gasteiger partial charge in [-0.2, -0.15) is 26.3 Å². The summed E-state index contributed by atoms with van der Waals surface area (Å²) in [4.78, 5) is 22.4. The van der Waals surface area contributed by atoms with Crippen LogP contribution in [0.25, 0.3) is 0 Å². The van der Waals surface area contributed by atoms with Crippen molar-refractivity contribution >= 4 is 11.8 Å². The molecule has 4 aromatic carbocycles. The molecule has 48 heavy (non-hydrogen) atoms. The topological polar surface area (TPSA) is 72.8 Å². The fourth-order valence-corrected chi connectivity index (χ4v) is 5.14. The van der Waals surface area contributed by atoms with E-state index in [2.05, 4.69) is 0 Å². The summed E-state index contributed by atoms with van der Waals surface area (Å²) in [6.45, 7) is 1.80. The van der Waals surface area contributed by atoms with Crippen molar-refractivity contribution in [3.63, 3.8) is 0 Å². The van der Waals surface area contributed by atoms with Crippen LogP contribution >= 0.6 is 0 Å². The van der Waals surface area contributed by atoms with Crippen LogP contribution in [0.3, 0.4) is 0 Å². The molecule has 0 amide bonds. The maximum atomic E-state index is 12.9. The van der Waals surface area contributed by atoms with Gasteiger partial charge in [-0.05, 0) is 121 Å². The first-order valence-electron chi connectivity index (χ1n) is 15.3. The van der Waals surface area contributed by atoms with Crippen LogP contribution in [0.5, 0.6) is 11.5 Å². The van der Waals surface area contributed by atoms with Crippen LogP contribution in [0.15, 0.2) is 84.9 Å². The van der Waals surface area contributed by atoms with E-state index in [9.17, 15) is 35.9 Å². The molecule has 2 aliphatic rings. The van der Waals surface area contributed by atoms with Gasteiger partial charge in [-0.3, -0.25) is 4.79 Å². The Bertz CT molecular complexity index is 1660. The van der Waals surface area contributed by atoms with Gasteiger partial charge in [0.2, 0.25) is 0 Å². The fourth-order valence-electron chi connectivity index (χ4n) is 5.14. The van der Waals surface area contributed by atoms with Crippen LogP contribution in [-0.4, -0.2) is 16.9 Å². The number of carbonyl (C=O) groups is 2. The predicted molar refractivity (Wildman–Crippen MR) is 165 cm³/mol. The maximum Gasteiger partial charge on any atom is 0.416 e. The third-order valence-electron chi connectivity index (χ3n) is 8.00. The molecule has 0 bridgehead atoms. The lowest BCUT2D eigenvalue weighted by Gasteiger charge is -2.14. The standard InChI is InChI=1S/C19H17F3O2.C18H15F3O3/c1-12(23)15-4-2-3-13(9-15)11-24-18-8-7-16(19(20,21)22)10-17(18)14-5-6-14;19-18(20,21)14-6-7-16(15(9-14)12-4-5-12)24-10-11-2-1-3-13(8-11)17(22)23/h2-4,7-10,14H,5-6,11H2,1H3;1-3,6-9,12H,4-5,10H2,(H,22,23). The van der Waals surface area contributed by atoms with E-state index < -0.39 is 29.4 Å². The summed E-state index contributed by atoms with van der Waals surface area (Å²) in [5, 5.41) is 8.98. The number of benzene rings is 4. The summed E-state index contributed by atoms with van der Waals surface area (Å²) < 4.78 is 88.6. The van der Waals surface area contributed by atoms with Gasteiger partial charge in [-0.25, -0.2) is 4.79 Å². The SMILES string of the molecule is CC(=O)c1cccc(COc2ccc(C(F)(F)F)cc2C2CC2)c1.O=C(O)c1cccc(COc2ccc(C(F)(F)F)cc2C2CC2)c1. The van der Waals surface area contributed by atoms with Gasteiger partial charge in [0, 0.05) is 5.56 Å². The molecule has 1 N–H and O–H groups in total. The van der Waals surface area contributed by atoms with Crippen molar-refractivity contribution in [2.45, 2.75) is 70.0 Å².